The molecular weight excluding hydrogens is 499 g/mol. The minimum atomic E-state index is 0.477. The summed E-state index contributed by atoms with van der Waals surface area (Å²) in [7, 11) is 3.30. The highest BCUT2D eigenvalue weighted by Crippen LogP contribution is 2.39. The number of methoxy groups -OCH3 is 2. The number of nitrogens with zero attached hydrogens (tertiary/aromatic N) is 2. The van der Waals surface area contributed by atoms with E-state index in [0.29, 0.717) is 16.6 Å². The number of hydrogen-bond donors (Lipinski definition) is 0. The smallest absolute Gasteiger partial charge is 0.119 e. The first-order chi connectivity index (χ1) is 15.0. The number of ether oxygens (including phenoxy) is 2. The molecule has 7 heteroatoms. The average Bonchev–Trinajstić information content (AvgIpc) is 3.11. The zero-order chi connectivity index (χ0) is 22.0. The maximum absolute atomic E-state index is 6.45. The van der Waals surface area contributed by atoms with E-state index >= 15 is 0 Å². The zero-order valence-corrected chi connectivity index (χ0v) is 20.0. The van der Waals surface area contributed by atoms with Crippen molar-refractivity contribution in [1.82, 2.24) is 9.78 Å². The molecule has 0 amide bonds. The molecule has 0 N–H and O–H groups in total. The summed E-state index contributed by atoms with van der Waals surface area (Å²) < 4.78 is 13.6. The molecule has 3 aromatic carbocycles. The molecule has 1 aromatic heterocycles. The fraction of sp³-hybridized carbons (Fsp3) is 0.125. The molecule has 0 spiro atoms. The van der Waals surface area contributed by atoms with Gasteiger partial charge in [0.15, 0.2) is 0 Å². The summed E-state index contributed by atoms with van der Waals surface area (Å²) in [6.07, 6.45) is 0. The lowest BCUT2D eigenvalue weighted by molar-refractivity contribution is 0.415. The van der Waals surface area contributed by atoms with Crippen LogP contribution in [0.4, 0.5) is 0 Å². The minimum Gasteiger partial charge on any atom is -0.497 e. The van der Waals surface area contributed by atoms with Gasteiger partial charge in [-0.05, 0) is 57.9 Å². The quantitative estimate of drug-likeness (QED) is 0.268. The van der Waals surface area contributed by atoms with Gasteiger partial charge in [-0.1, -0.05) is 53.5 Å². The third kappa shape index (κ3) is 4.59. The molecule has 0 atom stereocenters. The molecule has 31 heavy (non-hydrogen) atoms. The van der Waals surface area contributed by atoms with Gasteiger partial charge in [0.05, 0.1) is 30.9 Å². The lowest BCUT2D eigenvalue weighted by atomic mass is 10.1. The molecule has 0 radical (unpaired) electrons. The van der Waals surface area contributed by atoms with Gasteiger partial charge in [-0.2, -0.15) is 5.10 Å². The first-order valence-corrected chi connectivity index (χ1v) is 11.0. The SMILES string of the molecule is COc1cccc(-c2nn(Cc3ccc(Cl)cc3Cl)c(-c3cccc(OC)c3)c2Br)c1. The van der Waals surface area contributed by atoms with Crippen molar-refractivity contribution < 1.29 is 9.47 Å². The maximum atomic E-state index is 6.45. The predicted molar refractivity (Wildman–Crippen MR) is 129 cm³/mol. The number of rotatable bonds is 6. The van der Waals surface area contributed by atoms with Gasteiger partial charge in [0.2, 0.25) is 0 Å². The first kappa shape index (κ1) is 21.8. The van der Waals surface area contributed by atoms with Crippen LogP contribution in [0.5, 0.6) is 11.5 Å². The van der Waals surface area contributed by atoms with Crippen molar-refractivity contribution in [2.45, 2.75) is 6.54 Å². The van der Waals surface area contributed by atoms with Crippen molar-refractivity contribution in [3.05, 3.63) is 86.8 Å². The molecule has 0 aliphatic carbocycles. The topological polar surface area (TPSA) is 36.3 Å². The van der Waals surface area contributed by atoms with E-state index in [1.807, 2.05) is 65.3 Å². The Hall–Kier alpha value is -2.47. The van der Waals surface area contributed by atoms with Gasteiger partial charge in [-0.25, -0.2) is 0 Å². The Morgan fingerprint density at radius 1 is 0.871 bits per heavy atom. The van der Waals surface area contributed by atoms with Crippen molar-refractivity contribution in [1.29, 1.82) is 0 Å². The fourth-order valence-electron chi connectivity index (χ4n) is 3.37. The lowest BCUT2D eigenvalue weighted by Gasteiger charge is -2.11. The summed E-state index contributed by atoms with van der Waals surface area (Å²) in [4.78, 5) is 0. The van der Waals surface area contributed by atoms with Crippen LogP contribution in [0.3, 0.4) is 0 Å². The molecule has 4 aromatic rings. The second kappa shape index (κ2) is 9.35. The van der Waals surface area contributed by atoms with Crippen LogP contribution >= 0.6 is 39.1 Å². The largest absolute Gasteiger partial charge is 0.497 e. The van der Waals surface area contributed by atoms with Gasteiger partial charge >= 0.3 is 0 Å². The van der Waals surface area contributed by atoms with E-state index < -0.39 is 0 Å². The molecule has 0 aliphatic heterocycles. The Bertz CT molecular complexity index is 1240. The van der Waals surface area contributed by atoms with E-state index in [4.69, 9.17) is 37.8 Å². The molecule has 0 fully saturated rings. The number of aromatic nitrogens is 2. The Labute approximate surface area is 199 Å². The van der Waals surface area contributed by atoms with Gasteiger partial charge in [-0.15, -0.1) is 0 Å². The van der Waals surface area contributed by atoms with Crippen LogP contribution in [-0.2, 0) is 6.54 Å². The standard InChI is InChI=1S/C24H19BrCl2N2O2/c1-30-19-7-3-5-15(11-19)23-22(25)24(16-6-4-8-20(12-16)31-2)29(28-23)14-17-9-10-18(26)13-21(17)27/h3-13H,14H2,1-2H3. The highest BCUT2D eigenvalue weighted by molar-refractivity contribution is 9.10. The Morgan fingerprint density at radius 3 is 2.16 bits per heavy atom. The highest BCUT2D eigenvalue weighted by atomic mass is 79.9. The molecule has 0 unspecified atom stereocenters. The summed E-state index contributed by atoms with van der Waals surface area (Å²) in [5.74, 6) is 1.53. The third-order valence-electron chi connectivity index (χ3n) is 4.92. The molecule has 4 nitrogen and oxygen atoms in total. The molecule has 158 valence electrons. The molecule has 1 heterocycles. The van der Waals surface area contributed by atoms with Crippen molar-refractivity contribution in [3.63, 3.8) is 0 Å². The number of benzene rings is 3. The van der Waals surface area contributed by atoms with Gasteiger partial charge < -0.3 is 9.47 Å². The normalized spacial score (nSPS) is 10.9. The number of halogens is 3. The van der Waals surface area contributed by atoms with Crippen molar-refractivity contribution in [2.24, 2.45) is 0 Å². The second-order valence-electron chi connectivity index (χ2n) is 6.87. The molecular formula is C24H19BrCl2N2O2. The van der Waals surface area contributed by atoms with Crippen molar-refractivity contribution in [3.8, 4) is 34.0 Å². The van der Waals surface area contributed by atoms with Gasteiger partial charge in [-0.3, -0.25) is 4.68 Å². The van der Waals surface area contributed by atoms with E-state index in [1.165, 1.54) is 0 Å². The fourth-order valence-corrected chi connectivity index (χ4v) is 4.58. The van der Waals surface area contributed by atoms with Crippen molar-refractivity contribution >= 4 is 39.1 Å². The van der Waals surface area contributed by atoms with Crippen LogP contribution in [0.25, 0.3) is 22.5 Å². The molecule has 0 saturated carbocycles. The van der Waals surface area contributed by atoms with Crippen LogP contribution in [0.1, 0.15) is 5.56 Å². The summed E-state index contributed by atoms with van der Waals surface area (Å²) in [6.45, 7) is 0.477. The monoisotopic (exact) mass is 516 g/mol. The second-order valence-corrected chi connectivity index (χ2v) is 8.51. The van der Waals surface area contributed by atoms with Gasteiger partial charge in [0, 0.05) is 21.2 Å². The van der Waals surface area contributed by atoms with Gasteiger partial charge in [0.25, 0.3) is 0 Å². The van der Waals surface area contributed by atoms with E-state index in [2.05, 4.69) is 15.9 Å². The summed E-state index contributed by atoms with van der Waals surface area (Å²) in [5, 5.41) is 6.12. The van der Waals surface area contributed by atoms with Crippen LogP contribution in [-0.4, -0.2) is 24.0 Å². The zero-order valence-electron chi connectivity index (χ0n) is 16.9. The Kier molecular flexibility index (Phi) is 6.56. The average molecular weight is 518 g/mol. The van der Waals surface area contributed by atoms with Crippen LogP contribution < -0.4 is 9.47 Å². The predicted octanol–water partition coefficient (Wildman–Crippen LogP) is 7.35. The van der Waals surface area contributed by atoms with Crippen LogP contribution in [0.2, 0.25) is 10.0 Å². The molecule has 0 bridgehead atoms. The lowest BCUT2D eigenvalue weighted by Crippen LogP contribution is -2.05. The molecule has 0 saturated heterocycles. The first-order valence-electron chi connectivity index (χ1n) is 9.49. The van der Waals surface area contributed by atoms with E-state index in [1.54, 1.807) is 20.3 Å². The Balaban J connectivity index is 1.88. The molecule has 0 aliphatic rings. The third-order valence-corrected chi connectivity index (χ3v) is 6.25. The minimum absolute atomic E-state index is 0.477. The van der Waals surface area contributed by atoms with Crippen molar-refractivity contribution in [2.75, 3.05) is 14.2 Å². The van der Waals surface area contributed by atoms with Gasteiger partial charge in [0.1, 0.15) is 17.2 Å². The van der Waals surface area contributed by atoms with E-state index in [0.717, 1.165) is 44.0 Å². The maximum Gasteiger partial charge on any atom is 0.119 e. The van der Waals surface area contributed by atoms with E-state index in [-0.39, 0.29) is 0 Å². The van der Waals surface area contributed by atoms with E-state index in [9.17, 15) is 0 Å². The number of hydrogen-bond acceptors (Lipinski definition) is 3. The highest BCUT2D eigenvalue weighted by Gasteiger charge is 2.20. The summed E-state index contributed by atoms with van der Waals surface area (Å²) >= 11 is 16.3. The van der Waals surface area contributed by atoms with Crippen LogP contribution in [0.15, 0.2) is 71.2 Å². The summed E-state index contributed by atoms with van der Waals surface area (Å²) in [5.41, 5.74) is 4.56. The molecule has 4 rings (SSSR count). The summed E-state index contributed by atoms with van der Waals surface area (Å²) in [6, 6.07) is 21.2. The Morgan fingerprint density at radius 2 is 1.52 bits per heavy atom. The van der Waals surface area contributed by atoms with Crippen LogP contribution in [0, 0.1) is 0 Å².